The SMILES string of the molecule is CCCCOCCSc1nnc(-c2ccccc2OC)n1C. The molecule has 0 bridgehead atoms. The topological polar surface area (TPSA) is 49.2 Å². The van der Waals surface area contributed by atoms with Gasteiger partial charge in [0, 0.05) is 19.4 Å². The van der Waals surface area contributed by atoms with E-state index in [1.165, 1.54) is 6.42 Å². The van der Waals surface area contributed by atoms with Crippen molar-refractivity contribution in [1.29, 1.82) is 0 Å². The molecule has 0 aliphatic carbocycles. The summed E-state index contributed by atoms with van der Waals surface area (Å²) < 4.78 is 13.0. The summed E-state index contributed by atoms with van der Waals surface area (Å²) in [7, 11) is 3.64. The highest BCUT2D eigenvalue weighted by Crippen LogP contribution is 2.29. The van der Waals surface area contributed by atoms with Crippen LogP contribution in [0.25, 0.3) is 11.4 Å². The highest BCUT2D eigenvalue weighted by molar-refractivity contribution is 7.99. The minimum atomic E-state index is 0.738. The Labute approximate surface area is 136 Å². The highest BCUT2D eigenvalue weighted by Gasteiger charge is 2.14. The molecule has 0 atom stereocenters. The Balaban J connectivity index is 1.97. The fourth-order valence-corrected chi connectivity index (χ4v) is 2.81. The van der Waals surface area contributed by atoms with Crippen LogP contribution in [0.3, 0.4) is 0 Å². The molecule has 0 saturated carbocycles. The molecule has 2 rings (SSSR count). The van der Waals surface area contributed by atoms with Crippen LogP contribution in [0.4, 0.5) is 0 Å². The Morgan fingerprint density at radius 1 is 1.18 bits per heavy atom. The molecule has 5 nitrogen and oxygen atoms in total. The van der Waals surface area contributed by atoms with Gasteiger partial charge in [-0.15, -0.1) is 10.2 Å². The minimum absolute atomic E-state index is 0.738. The Kier molecular flexibility index (Phi) is 6.74. The number of hydrogen-bond acceptors (Lipinski definition) is 5. The van der Waals surface area contributed by atoms with Crippen molar-refractivity contribution in [2.45, 2.75) is 24.9 Å². The molecule has 2 aromatic rings. The first kappa shape index (κ1) is 16.8. The van der Waals surface area contributed by atoms with Crippen LogP contribution in [0, 0.1) is 0 Å². The first-order valence-electron chi connectivity index (χ1n) is 7.51. The van der Waals surface area contributed by atoms with E-state index in [9.17, 15) is 0 Å². The molecule has 120 valence electrons. The molecule has 0 radical (unpaired) electrons. The van der Waals surface area contributed by atoms with E-state index in [2.05, 4.69) is 17.1 Å². The summed E-state index contributed by atoms with van der Waals surface area (Å²) >= 11 is 1.66. The second-order valence-electron chi connectivity index (χ2n) is 4.88. The summed E-state index contributed by atoms with van der Waals surface area (Å²) in [5, 5.41) is 9.45. The van der Waals surface area contributed by atoms with Crippen molar-refractivity contribution >= 4 is 11.8 Å². The van der Waals surface area contributed by atoms with E-state index in [-0.39, 0.29) is 0 Å². The lowest BCUT2D eigenvalue weighted by molar-refractivity contribution is 0.147. The molecular formula is C16H23N3O2S. The van der Waals surface area contributed by atoms with Gasteiger partial charge in [0.2, 0.25) is 0 Å². The van der Waals surface area contributed by atoms with E-state index < -0.39 is 0 Å². The minimum Gasteiger partial charge on any atom is -0.496 e. The van der Waals surface area contributed by atoms with E-state index in [1.807, 2.05) is 35.9 Å². The van der Waals surface area contributed by atoms with Gasteiger partial charge >= 0.3 is 0 Å². The van der Waals surface area contributed by atoms with E-state index in [0.29, 0.717) is 0 Å². The van der Waals surface area contributed by atoms with Crippen molar-refractivity contribution in [2.75, 3.05) is 26.1 Å². The van der Waals surface area contributed by atoms with Crippen molar-refractivity contribution in [3.05, 3.63) is 24.3 Å². The Morgan fingerprint density at radius 3 is 2.77 bits per heavy atom. The quantitative estimate of drug-likeness (QED) is 0.523. The van der Waals surface area contributed by atoms with Crippen molar-refractivity contribution < 1.29 is 9.47 Å². The molecule has 1 heterocycles. The van der Waals surface area contributed by atoms with Gasteiger partial charge in [-0.1, -0.05) is 37.2 Å². The number of unbranched alkanes of at least 4 members (excludes halogenated alkanes) is 1. The zero-order valence-electron chi connectivity index (χ0n) is 13.4. The van der Waals surface area contributed by atoms with E-state index in [0.717, 1.165) is 47.7 Å². The van der Waals surface area contributed by atoms with E-state index >= 15 is 0 Å². The van der Waals surface area contributed by atoms with Gasteiger partial charge in [0.05, 0.1) is 19.3 Å². The van der Waals surface area contributed by atoms with Crippen molar-refractivity contribution in [3.63, 3.8) is 0 Å². The van der Waals surface area contributed by atoms with Crippen LogP contribution in [-0.2, 0) is 11.8 Å². The summed E-state index contributed by atoms with van der Waals surface area (Å²) in [5.41, 5.74) is 0.950. The lowest BCUT2D eigenvalue weighted by Gasteiger charge is -2.08. The maximum Gasteiger partial charge on any atom is 0.191 e. The van der Waals surface area contributed by atoms with Crippen LogP contribution in [0.15, 0.2) is 29.4 Å². The fourth-order valence-electron chi connectivity index (χ4n) is 2.04. The van der Waals surface area contributed by atoms with Gasteiger partial charge in [0.25, 0.3) is 0 Å². The third-order valence-electron chi connectivity index (χ3n) is 3.28. The number of rotatable bonds is 9. The van der Waals surface area contributed by atoms with Crippen LogP contribution in [0.1, 0.15) is 19.8 Å². The zero-order chi connectivity index (χ0) is 15.8. The van der Waals surface area contributed by atoms with Gasteiger partial charge in [0.1, 0.15) is 5.75 Å². The summed E-state index contributed by atoms with van der Waals surface area (Å²) in [4.78, 5) is 0. The molecule has 0 unspecified atom stereocenters. The molecule has 6 heteroatoms. The highest BCUT2D eigenvalue weighted by atomic mass is 32.2. The lowest BCUT2D eigenvalue weighted by atomic mass is 10.2. The van der Waals surface area contributed by atoms with Crippen LogP contribution >= 0.6 is 11.8 Å². The number of methoxy groups -OCH3 is 1. The predicted molar refractivity (Wildman–Crippen MR) is 89.4 cm³/mol. The number of hydrogen-bond donors (Lipinski definition) is 0. The van der Waals surface area contributed by atoms with Crippen LogP contribution < -0.4 is 4.74 Å². The molecule has 0 N–H and O–H groups in total. The van der Waals surface area contributed by atoms with Crippen molar-refractivity contribution in [1.82, 2.24) is 14.8 Å². The monoisotopic (exact) mass is 321 g/mol. The maximum atomic E-state index is 5.57. The second-order valence-corrected chi connectivity index (χ2v) is 5.94. The van der Waals surface area contributed by atoms with Gasteiger partial charge in [-0.05, 0) is 18.6 Å². The van der Waals surface area contributed by atoms with Crippen LogP contribution in [0.2, 0.25) is 0 Å². The average molecular weight is 321 g/mol. The molecule has 0 aliphatic heterocycles. The molecule has 0 aliphatic rings. The average Bonchev–Trinajstić information content (AvgIpc) is 2.91. The predicted octanol–water partition coefficient (Wildman–Crippen LogP) is 3.40. The maximum absolute atomic E-state index is 5.57. The molecule has 22 heavy (non-hydrogen) atoms. The van der Waals surface area contributed by atoms with Crippen molar-refractivity contribution in [2.24, 2.45) is 7.05 Å². The molecule has 1 aromatic carbocycles. The van der Waals surface area contributed by atoms with Gasteiger partial charge < -0.3 is 14.0 Å². The second kappa shape index (κ2) is 8.80. The van der Waals surface area contributed by atoms with Crippen LogP contribution in [0.5, 0.6) is 5.75 Å². The molecule has 0 fully saturated rings. The molecular weight excluding hydrogens is 298 g/mol. The number of ether oxygens (including phenoxy) is 2. The molecule has 1 aromatic heterocycles. The van der Waals surface area contributed by atoms with Crippen LogP contribution in [-0.4, -0.2) is 40.8 Å². The summed E-state index contributed by atoms with van der Waals surface area (Å²) in [5.74, 6) is 2.49. The van der Waals surface area contributed by atoms with Gasteiger partial charge in [-0.3, -0.25) is 0 Å². The summed E-state index contributed by atoms with van der Waals surface area (Å²) in [6.07, 6.45) is 2.28. The van der Waals surface area contributed by atoms with Gasteiger partial charge in [-0.2, -0.15) is 0 Å². The lowest BCUT2D eigenvalue weighted by Crippen LogP contribution is -2.01. The molecule has 0 amide bonds. The standard InChI is InChI=1S/C16H23N3O2S/c1-4-5-10-21-11-12-22-16-18-17-15(19(16)2)13-8-6-7-9-14(13)20-3/h6-9H,4-5,10-12H2,1-3H3. The Bertz CT molecular complexity index is 587. The molecule has 0 spiro atoms. The smallest absolute Gasteiger partial charge is 0.191 e. The van der Waals surface area contributed by atoms with E-state index in [1.54, 1.807) is 18.9 Å². The Morgan fingerprint density at radius 2 is 2.00 bits per heavy atom. The van der Waals surface area contributed by atoms with Crippen molar-refractivity contribution in [3.8, 4) is 17.1 Å². The van der Waals surface area contributed by atoms with Gasteiger partial charge in [-0.25, -0.2) is 0 Å². The van der Waals surface area contributed by atoms with Gasteiger partial charge in [0.15, 0.2) is 11.0 Å². The number of aromatic nitrogens is 3. The largest absolute Gasteiger partial charge is 0.496 e. The Hall–Kier alpha value is -1.53. The number of benzene rings is 1. The zero-order valence-corrected chi connectivity index (χ0v) is 14.2. The third kappa shape index (κ3) is 4.24. The third-order valence-corrected chi connectivity index (χ3v) is 4.27. The summed E-state index contributed by atoms with van der Waals surface area (Å²) in [6.45, 7) is 3.74. The number of nitrogens with zero attached hydrogens (tertiary/aromatic N) is 3. The summed E-state index contributed by atoms with van der Waals surface area (Å²) in [6, 6.07) is 7.84. The van der Waals surface area contributed by atoms with E-state index in [4.69, 9.17) is 9.47 Å². The molecule has 0 saturated heterocycles. The first-order chi connectivity index (χ1) is 10.8. The number of para-hydroxylation sites is 1. The number of thioether (sulfide) groups is 1. The first-order valence-corrected chi connectivity index (χ1v) is 8.49. The fraction of sp³-hybridized carbons (Fsp3) is 0.500. The normalized spacial score (nSPS) is 10.9.